The molecule has 1 atom stereocenters. The number of hydrogen-bond donors (Lipinski definition) is 2. The highest BCUT2D eigenvalue weighted by atomic mass is 32.2. The van der Waals surface area contributed by atoms with Crippen molar-refractivity contribution in [2.75, 3.05) is 38.3 Å². The monoisotopic (exact) mass is 327 g/mol. The van der Waals surface area contributed by atoms with Gasteiger partial charge in [-0.3, -0.25) is 9.59 Å². The summed E-state index contributed by atoms with van der Waals surface area (Å²) in [6, 6.07) is 5.56. The maximum Gasteiger partial charge on any atom is 0.235 e. The second kappa shape index (κ2) is 9.42. The van der Waals surface area contributed by atoms with E-state index in [0.717, 1.165) is 6.54 Å². The summed E-state index contributed by atoms with van der Waals surface area (Å²) in [5, 5.41) is 5.36. The van der Waals surface area contributed by atoms with Gasteiger partial charge in [-0.15, -0.1) is 11.8 Å². The Hall–Kier alpha value is -1.60. The van der Waals surface area contributed by atoms with Gasteiger partial charge in [0.2, 0.25) is 11.8 Å². The number of thioether (sulfide) groups is 1. The summed E-state index contributed by atoms with van der Waals surface area (Å²) >= 11 is 1.28. The van der Waals surface area contributed by atoms with Crippen LogP contribution in [-0.2, 0) is 9.59 Å². The second-order valence-electron chi connectivity index (χ2n) is 4.87. The van der Waals surface area contributed by atoms with Gasteiger partial charge in [0, 0.05) is 25.8 Å². The molecule has 0 aliphatic rings. The number of benzene rings is 1. The van der Waals surface area contributed by atoms with Crippen LogP contribution in [0.3, 0.4) is 0 Å². The van der Waals surface area contributed by atoms with Crippen LogP contribution in [0.25, 0.3) is 0 Å². The smallest absolute Gasteiger partial charge is 0.235 e. The zero-order valence-corrected chi connectivity index (χ0v) is 13.9. The highest BCUT2D eigenvalue weighted by Gasteiger charge is 2.18. The maximum atomic E-state index is 12.8. The molecular formula is C15H22FN3O2S. The number of anilines is 1. The SMILES string of the molecule is CNCCN(C)C(=O)C(C)SCC(=O)Nc1ccc(F)cc1. The minimum absolute atomic E-state index is 0.00479. The lowest BCUT2D eigenvalue weighted by molar-refractivity contribution is -0.128. The summed E-state index contributed by atoms with van der Waals surface area (Å²) in [5.74, 6) is -0.399. The third-order valence-corrected chi connectivity index (χ3v) is 4.14. The van der Waals surface area contributed by atoms with Crippen LogP contribution < -0.4 is 10.6 Å². The van der Waals surface area contributed by atoms with Crippen molar-refractivity contribution >= 4 is 29.3 Å². The van der Waals surface area contributed by atoms with Gasteiger partial charge in [0.25, 0.3) is 0 Å². The molecule has 1 aromatic carbocycles. The molecule has 22 heavy (non-hydrogen) atoms. The van der Waals surface area contributed by atoms with Crippen molar-refractivity contribution in [1.29, 1.82) is 0 Å². The average molecular weight is 327 g/mol. The molecule has 1 rings (SSSR count). The Labute approximate surface area is 134 Å². The van der Waals surface area contributed by atoms with Gasteiger partial charge < -0.3 is 15.5 Å². The van der Waals surface area contributed by atoms with Crippen molar-refractivity contribution in [3.05, 3.63) is 30.1 Å². The van der Waals surface area contributed by atoms with E-state index in [0.29, 0.717) is 12.2 Å². The molecule has 0 radical (unpaired) electrons. The molecule has 0 heterocycles. The number of halogens is 1. The van der Waals surface area contributed by atoms with Crippen molar-refractivity contribution in [2.24, 2.45) is 0 Å². The highest BCUT2D eigenvalue weighted by molar-refractivity contribution is 8.01. The molecule has 7 heteroatoms. The summed E-state index contributed by atoms with van der Waals surface area (Å²) in [6.07, 6.45) is 0. The van der Waals surface area contributed by atoms with Crippen molar-refractivity contribution < 1.29 is 14.0 Å². The van der Waals surface area contributed by atoms with Crippen LogP contribution in [0.1, 0.15) is 6.92 Å². The minimum atomic E-state index is -0.351. The zero-order chi connectivity index (χ0) is 16.5. The topological polar surface area (TPSA) is 61.4 Å². The molecule has 0 aromatic heterocycles. The van der Waals surface area contributed by atoms with Gasteiger partial charge in [0.1, 0.15) is 5.82 Å². The maximum absolute atomic E-state index is 12.8. The zero-order valence-electron chi connectivity index (χ0n) is 13.1. The quantitative estimate of drug-likeness (QED) is 0.761. The van der Waals surface area contributed by atoms with E-state index in [4.69, 9.17) is 0 Å². The fraction of sp³-hybridized carbons (Fsp3) is 0.467. The van der Waals surface area contributed by atoms with E-state index < -0.39 is 0 Å². The van der Waals surface area contributed by atoms with Gasteiger partial charge in [0.15, 0.2) is 0 Å². The number of hydrogen-bond acceptors (Lipinski definition) is 4. The first-order valence-corrected chi connectivity index (χ1v) is 8.05. The first kappa shape index (κ1) is 18.4. The van der Waals surface area contributed by atoms with Crippen molar-refractivity contribution in [1.82, 2.24) is 10.2 Å². The molecule has 0 spiro atoms. The molecule has 2 N–H and O–H groups in total. The molecule has 122 valence electrons. The Morgan fingerprint density at radius 3 is 2.55 bits per heavy atom. The van der Waals surface area contributed by atoms with E-state index in [1.165, 1.54) is 36.0 Å². The Morgan fingerprint density at radius 2 is 1.95 bits per heavy atom. The van der Waals surface area contributed by atoms with Gasteiger partial charge in [-0.25, -0.2) is 4.39 Å². The number of rotatable bonds is 8. The Morgan fingerprint density at radius 1 is 1.32 bits per heavy atom. The number of carbonyl (C=O) groups is 2. The van der Waals surface area contributed by atoms with Gasteiger partial charge in [-0.2, -0.15) is 0 Å². The van der Waals surface area contributed by atoms with Crippen LogP contribution >= 0.6 is 11.8 Å². The Kier molecular flexibility index (Phi) is 7.90. The lowest BCUT2D eigenvalue weighted by atomic mass is 10.3. The number of likely N-dealkylation sites (N-methyl/N-ethyl adjacent to an activating group) is 2. The molecule has 1 unspecified atom stereocenters. The van der Waals surface area contributed by atoms with Gasteiger partial charge in [-0.1, -0.05) is 0 Å². The van der Waals surface area contributed by atoms with Crippen LogP contribution in [0.5, 0.6) is 0 Å². The molecule has 0 aliphatic heterocycles. The number of amides is 2. The van der Waals surface area contributed by atoms with E-state index in [-0.39, 0.29) is 28.6 Å². The largest absolute Gasteiger partial charge is 0.344 e. The molecule has 0 saturated heterocycles. The standard InChI is InChI=1S/C15H22FN3O2S/c1-11(15(21)19(3)9-8-17-2)22-10-14(20)18-13-6-4-12(16)5-7-13/h4-7,11,17H,8-10H2,1-3H3,(H,18,20). The lowest BCUT2D eigenvalue weighted by Gasteiger charge is -2.20. The second-order valence-corrected chi connectivity index (χ2v) is 6.20. The van der Waals surface area contributed by atoms with Crippen LogP contribution in [0.15, 0.2) is 24.3 Å². The molecule has 0 fully saturated rings. The van der Waals surface area contributed by atoms with Crippen molar-refractivity contribution in [3.8, 4) is 0 Å². The predicted molar refractivity (Wildman–Crippen MR) is 88.5 cm³/mol. The molecule has 2 amide bonds. The van der Waals surface area contributed by atoms with Crippen molar-refractivity contribution in [2.45, 2.75) is 12.2 Å². The van der Waals surface area contributed by atoms with E-state index >= 15 is 0 Å². The molecule has 1 aromatic rings. The lowest BCUT2D eigenvalue weighted by Crippen LogP contribution is -2.37. The number of nitrogens with zero attached hydrogens (tertiary/aromatic N) is 1. The minimum Gasteiger partial charge on any atom is -0.344 e. The van der Waals surface area contributed by atoms with Gasteiger partial charge in [0.05, 0.1) is 11.0 Å². The molecule has 5 nitrogen and oxygen atoms in total. The average Bonchev–Trinajstić information content (AvgIpc) is 2.51. The fourth-order valence-electron chi connectivity index (χ4n) is 1.70. The molecular weight excluding hydrogens is 305 g/mol. The van der Waals surface area contributed by atoms with Crippen molar-refractivity contribution in [3.63, 3.8) is 0 Å². The van der Waals surface area contributed by atoms with Gasteiger partial charge >= 0.3 is 0 Å². The summed E-state index contributed by atoms with van der Waals surface area (Å²) in [4.78, 5) is 25.5. The first-order valence-electron chi connectivity index (χ1n) is 7.00. The molecule has 0 bridgehead atoms. The Bertz CT molecular complexity index is 496. The van der Waals surface area contributed by atoms with Crippen LogP contribution in [-0.4, -0.2) is 54.9 Å². The third kappa shape index (κ3) is 6.44. The predicted octanol–water partition coefficient (Wildman–Crippen LogP) is 1.56. The highest BCUT2D eigenvalue weighted by Crippen LogP contribution is 2.14. The third-order valence-electron chi connectivity index (χ3n) is 3.01. The summed E-state index contributed by atoms with van der Waals surface area (Å²) in [5.41, 5.74) is 0.539. The molecule has 0 saturated carbocycles. The summed E-state index contributed by atoms with van der Waals surface area (Å²) < 4.78 is 12.8. The summed E-state index contributed by atoms with van der Waals surface area (Å²) in [6.45, 7) is 3.14. The van der Waals surface area contributed by atoms with E-state index in [1.807, 2.05) is 7.05 Å². The first-order chi connectivity index (χ1) is 10.4. The van der Waals surface area contributed by atoms with Gasteiger partial charge in [-0.05, 0) is 38.2 Å². The Balaban J connectivity index is 2.36. The van der Waals surface area contributed by atoms with E-state index in [2.05, 4.69) is 10.6 Å². The normalized spacial score (nSPS) is 11.8. The van der Waals surface area contributed by atoms with E-state index in [9.17, 15) is 14.0 Å². The number of carbonyl (C=O) groups excluding carboxylic acids is 2. The number of nitrogens with one attached hydrogen (secondary N) is 2. The van der Waals surface area contributed by atoms with E-state index in [1.54, 1.807) is 18.9 Å². The van der Waals surface area contributed by atoms with Crippen LogP contribution in [0.4, 0.5) is 10.1 Å². The fourth-order valence-corrected chi connectivity index (χ4v) is 2.50. The summed E-state index contributed by atoms with van der Waals surface area (Å²) in [7, 11) is 3.58. The molecule has 0 aliphatic carbocycles. The van der Waals surface area contributed by atoms with Crippen LogP contribution in [0.2, 0.25) is 0 Å². The van der Waals surface area contributed by atoms with Crippen LogP contribution in [0, 0.1) is 5.82 Å².